The standard InChI is InChI=1S/C34H34F3N7O3/c1-5-43(6-2)16-17-47-27-14-12-25(13-15-27)40-32-38-20-28-22(4)44(33(46)42-30(28)41-32)29-19-26(11-10-21(29)3)39-31(45)23-8-7-9-24(18-23)34(35,36)37/h7-15,18-20H,5-6,16-17H2,1-4H3,(H,39,45)(H,40,41,42,46). The zero-order valence-electron chi connectivity index (χ0n) is 26.4. The quantitative estimate of drug-likeness (QED) is 0.167. The van der Waals surface area contributed by atoms with Gasteiger partial charge in [0.05, 0.1) is 16.6 Å². The molecule has 0 aliphatic rings. The number of aromatic nitrogens is 4. The van der Waals surface area contributed by atoms with E-state index < -0.39 is 23.3 Å². The highest BCUT2D eigenvalue weighted by atomic mass is 19.4. The molecule has 3 aromatic carbocycles. The van der Waals surface area contributed by atoms with Gasteiger partial charge in [0, 0.05) is 35.4 Å². The number of alkyl halides is 3. The van der Waals surface area contributed by atoms with Crippen LogP contribution in [0.1, 0.15) is 41.0 Å². The summed E-state index contributed by atoms with van der Waals surface area (Å²) in [7, 11) is 0. The number of aryl methyl sites for hydroxylation is 2. The van der Waals surface area contributed by atoms with Crippen molar-refractivity contribution in [3.8, 4) is 11.4 Å². The number of fused-ring (bicyclic) bond motifs is 1. The van der Waals surface area contributed by atoms with Crippen molar-refractivity contribution in [3.63, 3.8) is 0 Å². The third-order valence-corrected chi connectivity index (χ3v) is 7.73. The number of carbonyl (C=O) groups is 1. The summed E-state index contributed by atoms with van der Waals surface area (Å²) in [6.07, 6.45) is -3.01. The Kier molecular flexibility index (Phi) is 9.85. The molecule has 244 valence electrons. The average molecular weight is 646 g/mol. The normalized spacial score (nSPS) is 11.6. The molecule has 2 aromatic heterocycles. The van der Waals surface area contributed by atoms with Gasteiger partial charge in [-0.15, -0.1) is 0 Å². The van der Waals surface area contributed by atoms with Crippen LogP contribution in [0.25, 0.3) is 16.7 Å². The molecule has 0 unspecified atom stereocenters. The largest absolute Gasteiger partial charge is 0.492 e. The topological polar surface area (TPSA) is 114 Å². The lowest BCUT2D eigenvalue weighted by molar-refractivity contribution is -0.137. The summed E-state index contributed by atoms with van der Waals surface area (Å²) in [6.45, 7) is 11.1. The molecule has 0 saturated heterocycles. The molecular weight excluding hydrogens is 611 g/mol. The van der Waals surface area contributed by atoms with E-state index in [4.69, 9.17) is 4.74 Å². The molecule has 0 spiro atoms. The number of hydrogen-bond acceptors (Lipinski definition) is 8. The zero-order valence-corrected chi connectivity index (χ0v) is 26.4. The molecule has 13 heteroatoms. The van der Waals surface area contributed by atoms with Crippen LogP contribution in [0.15, 0.2) is 77.7 Å². The predicted molar refractivity (Wildman–Crippen MR) is 175 cm³/mol. The van der Waals surface area contributed by atoms with Crippen molar-refractivity contribution in [2.24, 2.45) is 0 Å². The fraction of sp³-hybridized carbons (Fsp3) is 0.265. The molecule has 0 fully saturated rings. The van der Waals surface area contributed by atoms with E-state index in [1.807, 2.05) is 24.3 Å². The van der Waals surface area contributed by atoms with E-state index in [0.29, 0.717) is 28.9 Å². The fourth-order valence-corrected chi connectivity index (χ4v) is 5.03. The van der Waals surface area contributed by atoms with Crippen molar-refractivity contribution >= 4 is 34.3 Å². The smallest absolute Gasteiger partial charge is 0.416 e. The average Bonchev–Trinajstić information content (AvgIpc) is 3.05. The molecule has 0 atom stereocenters. The minimum absolute atomic E-state index is 0.153. The molecule has 2 N–H and O–H groups in total. The SMILES string of the molecule is CCN(CC)CCOc1ccc(Nc2ncc3c(C)n(-c4cc(NC(=O)c5cccc(C(F)(F)F)c5)ccc4C)c(=O)nc3n2)cc1. The number of anilines is 3. The van der Waals surface area contributed by atoms with Gasteiger partial charge in [-0.25, -0.2) is 9.78 Å². The lowest BCUT2D eigenvalue weighted by atomic mass is 10.1. The first-order chi connectivity index (χ1) is 22.5. The molecule has 0 aliphatic heterocycles. The van der Waals surface area contributed by atoms with E-state index in [1.165, 1.54) is 16.7 Å². The summed E-state index contributed by atoms with van der Waals surface area (Å²) in [5, 5.41) is 6.27. The van der Waals surface area contributed by atoms with Crippen LogP contribution in [0.5, 0.6) is 5.75 Å². The summed E-state index contributed by atoms with van der Waals surface area (Å²) in [6, 6.07) is 16.4. The van der Waals surface area contributed by atoms with Gasteiger partial charge >= 0.3 is 11.9 Å². The van der Waals surface area contributed by atoms with E-state index >= 15 is 0 Å². The Morgan fingerprint density at radius 1 is 0.957 bits per heavy atom. The van der Waals surface area contributed by atoms with Crippen molar-refractivity contribution < 1.29 is 22.7 Å². The van der Waals surface area contributed by atoms with E-state index in [9.17, 15) is 22.8 Å². The second-order valence-corrected chi connectivity index (χ2v) is 10.8. The van der Waals surface area contributed by atoms with Crippen LogP contribution in [0.3, 0.4) is 0 Å². The third kappa shape index (κ3) is 7.75. The van der Waals surface area contributed by atoms with Gasteiger partial charge in [0.15, 0.2) is 5.65 Å². The Balaban J connectivity index is 1.34. The van der Waals surface area contributed by atoms with E-state index in [1.54, 1.807) is 38.2 Å². The Hall–Kier alpha value is -5.30. The van der Waals surface area contributed by atoms with E-state index in [2.05, 4.69) is 44.3 Å². The first-order valence-corrected chi connectivity index (χ1v) is 15.0. The van der Waals surface area contributed by atoms with Gasteiger partial charge in [-0.1, -0.05) is 26.0 Å². The Bertz CT molecular complexity index is 1960. The summed E-state index contributed by atoms with van der Waals surface area (Å²) >= 11 is 0. The number of carbonyl (C=O) groups excluding carboxylic acids is 1. The number of hydrogen-bond donors (Lipinski definition) is 2. The highest BCUT2D eigenvalue weighted by Crippen LogP contribution is 2.30. The number of ether oxygens (including phenoxy) is 1. The second-order valence-electron chi connectivity index (χ2n) is 10.8. The van der Waals surface area contributed by atoms with Gasteiger partial charge in [-0.3, -0.25) is 9.36 Å². The monoisotopic (exact) mass is 645 g/mol. The molecular formula is C34H34F3N7O3. The maximum atomic E-state index is 13.3. The molecule has 5 aromatic rings. The van der Waals surface area contributed by atoms with Crippen LogP contribution in [-0.4, -0.2) is 56.6 Å². The molecule has 0 saturated carbocycles. The lowest BCUT2D eigenvalue weighted by Crippen LogP contribution is -2.27. The molecule has 10 nitrogen and oxygen atoms in total. The molecule has 5 rings (SSSR count). The number of rotatable bonds is 11. The maximum absolute atomic E-state index is 13.3. The Labute approximate surface area is 269 Å². The number of halogens is 3. The van der Waals surface area contributed by atoms with Gasteiger partial charge in [-0.05, 0) is 87.1 Å². The van der Waals surface area contributed by atoms with Crippen molar-refractivity contribution in [1.82, 2.24) is 24.4 Å². The van der Waals surface area contributed by atoms with Crippen molar-refractivity contribution in [3.05, 3.63) is 106 Å². The van der Waals surface area contributed by atoms with Crippen molar-refractivity contribution in [1.29, 1.82) is 0 Å². The third-order valence-electron chi connectivity index (χ3n) is 7.73. The number of amides is 1. The van der Waals surface area contributed by atoms with Crippen LogP contribution in [0.4, 0.5) is 30.5 Å². The summed E-state index contributed by atoms with van der Waals surface area (Å²) in [4.78, 5) is 41.5. The van der Waals surface area contributed by atoms with E-state index in [-0.39, 0.29) is 22.8 Å². The summed E-state index contributed by atoms with van der Waals surface area (Å²) < 4.78 is 46.7. The molecule has 0 bridgehead atoms. The number of benzene rings is 3. The minimum atomic E-state index is -4.58. The van der Waals surface area contributed by atoms with Crippen molar-refractivity contribution in [2.45, 2.75) is 33.9 Å². The number of nitrogens with one attached hydrogen (secondary N) is 2. The van der Waals surface area contributed by atoms with Gasteiger partial charge in [0.2, 0.25) is 5.95 Å². The maximum Gasteiger partial charge on any atom is 0.416 e. The molecule has 1 amide bonds. The van der Waals surface area contributed by atoms with Gasteiger partial charge in [0.1, 0.15) is 12.4 Å². The van der Waals surface area contributed by atoms with Gasteiger partial charge < -0.3 is 20.3 Å². The molecule has 47 heavy (non-hydrogen) atoms. The fourth-order valence-electron chi connectivity index (χ4n) is 5.03. The van der Waals surface area contributed by atoms with Crippen LogP contribution in [-0.2, 0) is 6.18 Å². The van der Waals surface area contributed by atoms with Gasteiger partial charge in [0.25, 0.3) is 5.91 Å². The highest BCUT2D eigenvalue weighted by Gasteiger charge is 2.31. The minimum Gasteiger partial charge on any atom is -0.492 e. The zero-order chi connectivity index (χ0) is 33.7. The van der Waals surface area contributed by atoms with Crippen LogP contribution in [0.2, 0.25) is 0 Å². The predicted octanol–water partition coefficient (Wildman–Crippen LogP) is 6.53. The van der Waals surface area contributed by atoms with Crippen molar-refractivity contribution in [2.75, 3.05) is 36.9 Å². The first kappa shape index (κ1) is 33.1. The number of nitrogens with zero attached hydrogens (tertiary/aromatic N) is 5. The van der Waals surface area contributed by atoms with Crippen LogP contribution >= 0.6 is 0 Å². The highest BCUT2D eigenvalue weighted by molar-refractivity contribution is 6.04. The molecule has 0 radical (unpaired) electrons. The summed E-state index contributed by atoms with van der Waals surface area (Å²) in [5.41, 5.74) is 1.18. The van der Waals surface area contributed by atoms with Gasteiger partial charge in [-0.2, -0.15) is 23.1 Å². The second kappa shape index (κ2) is 14.0. The molecule has 0 aliphatic carbocycles. The lowest BCUT2D eigenvalue weighted by Gasteiger charge is -2.18. The Morgan fingerprint density at radius 3 is 2.38 bits per heavy atom. The van der Waals surface area contributed by atoms with Crippen LogP contribution in [0, 0.1) is 13.8 Å². The summed E-state index contributed by atoms with van der Waals surface area (Å²) in [5.74, 6) is 0.277. The van der Waals surface area contributed by atoms with Crippen LogP contribution < -0.4 is 21.1 Å². The number of likely N-dealkylation sites (N-methyl/N-ethyl adjacent to an activating group) is 1. The molecule has 2 heterocycles. The Morgan fingerprint density at radius 2 is 1.68 bits per heavy atom. The first-order valence-electron chi connectivity index (χ1n) is 15.0. The van der Waals surface area contributed by atoms with E-state index in [0.717, 1.165) is 43.2 Å².